The summed E-state index contributed by atoms with van der Waals surface area (Å²) in [6, 6.07) is 4.83. The number of halogens is 1. The van der Waals surface area contributed by atoms with Crippen LogP contribution in [0.3, 0.4) is 0 Å². The van der Waals surface area contributed by atoms with Crippen LogP contribution >= 0.6 is 0 Å². The molecule has 1 heterocycles. The molecule has 1 aromatic rings. The zero-order valence-electron chi connectivity index (χ0n) is 23.5. The molecule has 210 valence electrons. The zero-order chi connectivity index (χ0) is 27.8. The number of ether oxygens (including phenoxy) is 1. The summed E-state index contributed by atoms with van der Waals surface area (Å²) < 4.78 is 19.2. The fourth-order valence-electron chi connectivity index (χ4n) is 4.63. The van der Waals surface area contributed by atoms with E-state index in [0.717, 1.165) is 56.8 Å². The molecule has 3 rings (SSSR count). The van der Waals surface area contributed by atoms with Gasteiger partial charge in [0.15, 0.2) is 6.29 Å². The molecule has 1 aliphatic heterocycles. The van der Waals surface area contributed by atoms with Crippen LogP contribution in [-0.2, 0) is 4.84 Å². The second-order valence-electron chi connectivity index (χ2n) is 9.94. The SMILES string of the molecule is C=C(N=C(ON)N1CCC2(CC1)CC(CCCOc1ccc(C=O)c(F)c1)C2)C(C)C.CC.CCCO. The van der Waals surface area contributed by atoms with Crippen LogP contribution in [-0.4, -0.2) is 48.6 Å². The Bertz CT molecular complexity index is 842. The molecule has 8 heteroatoms. The number of aliphatic hydroxyl groups is 1. The Morgan fingerprint density at radius 2 is 1.95 bits per heavy atom. The van der Waals surface area contributed by atoms with Crippen molar-refractivity contribution < 1.29 is 23.9 Å². The second-order valence-corrected chi connectivity index (χ2v) is 9.94. The Morgan fingerprint density at radius 1 is 1.32 bits per heavy atom. The fraction of sp³-hybridized carbons (Fsp3) is 0.655. The lowest BCUT2D eigenvalue weighted by Crippen LogP contribution is -2.49. The van der Waals surface area contributed by atoms with Gasteiger partial charge in [0.1, 0.15) is 11.6 Å². The van der Waals surface area contributed by atoms with E-state index in [1.807, 2.05) is 34.6 Å². The van der Waals surface area contributed by atoms with Crippen LogP contribution in [0.15, 0.2) is 35.5 Å². The van der Waals surface area contributed by atoms with E-state index < -0.39 is 5.82 Å². The number of rotatable bonds is 9. The van der Waals surface area contributed by atoms with Crippen molar-refractivity contribution in [2.45, 2.75) is 79.6 Å². The molecule has 1 spiro atoms. The molecule has 0 atom stereocenters. The van der Waals surface area contributed by atoms with Gasteiger partial charge in [0.2, 0.25) is 0 Å². The molecule has 1 aliphatic carbocycles. The minimum Gasteiger partial charge on any atom is -0.493 e. The fourth-order valence-corrected chi connectivity index (χ4v) is 4.63. The predicted molar refractivity (Wildman–Crippen MR) is 148 cm³/mol. The topological polar surface area (TPSA) is 97.4 Å². The van der Waals surface area contributed by atoms with Gasteiger partial charge < -0.3 is 19.6 Å². The number of aliphatic hydroxyl groups excluding tert-OH is 1. The van der Waals surface area contributed by atoms with Gasteiger partial charge in [-0.25, -0.2) is 9.38 Å². The standard InChI is InChI=1S/C24H34FN3O3.C3H8O.C2H6/c1-17(2)18(3)27-23(31-26)28-10-8-24(9-11-28)14-19(15-24)5-4-12-30-21-7-6-20(16-29)22(25)13-21;1-2-3-4;1-2/h6-7,13,16-17,19H,3-5,8-12,14-15,26H2,1-2H3;4H,2-3H2,1H3;1-2H3. The Kier molecular flexibility index (Phi) is 15.1. The number of amidine groups is 1. The molecule has 2 aliphatic rings. The molecule has 37 heavy (non-hydrogen) atoms. The van der Waals surface area contributed by atoms with Crippen LogP contribution in [0, 0.1) is 23.1 Å². The first-order chi connectivity index (χ1) is 17.8. The molecule has 1 aromatic carbocycles. The van der Waals surface area contributed by atoms with Gasteiger partial charge in [-0.3, -0.25) is 4.79 Å². The average molecular weight is 522 g/mol. The monoisotopic (exact) mass is 521 g/mol. The number of aldehydes is 1. The summed E-state index contributed by atoms with van der Waals surface area (Å²) in [6.45, 7) is 16.7. The van der Waals surface area contributed by atoms with Gasteiger partial charge in [-0.1, -0.05) is 41.2 Å². The third-order valence-electron chi connectivity index (χ3n) is 6.90. The highest BCUT2D eigenvalue weighted by Gasteiger charge is 2.45. The number of aliphatic imine (C=N–C) groups is 1. The van der Waals surface area contributed by atoms with Crippen molar-refractivity contribution in [2.24, 2.45) is 28.1 Å². The molecule has 0 amide bonds. The Balaban J connectivity index is 0.00000104. The summed E-state index contributed by atoms with van der Waals surface area (Å²) in [7, 11) is 0. The number of nitrogens with zero attached hydrogens (tertiary/aromatic N) is 2. The minimum absolute atomic E-state index is 0.0550. The van der Waals surface area contributed by atoms with E-state index in [0.29, 0.717) is 36.7 Å². The number of carbonyl (C=O) groups excluding carboxylic acids is 1. The molecule has 2 fully saturated rings. The largest absolute Gasteiger partial charge is 0.493 e. The highest BCUT2D eigenvalue weighted by atomic mass is 19.1. The quantitative estimate of drug-likeness (QED) is 0.134. The van der Waals surface area contributed by atoms with Gasteiger partial charge in [0.05, 0.1) is 12.2 Å². The number of allylic oxidation sites excluding steroid dienone is 1. The Labute approximate surface area is 222 Å². The van der Waals surface area contributed by atoms with Gasteiger partial charge in [-0.2, -0.15) is 5.90 Å². The molecule has 7 nitrogen and oxygen atoms in total. The molecule has 0 aromatic heterocycles. The van der Waals surface area contributed by atoms with Crippen molar-refractivity contribution in [3.05, 3.63) is 41.9 Å². The number of likely N-dealkylation sites (tertiary alicyclic amines) is 1. The number of hydrogen-bond donors (Lipinski definition) is 2. The lowest BCUT2D eigenvalue weighted by Gasteiger charge is -2.52. The maximum absolute atomic E-state index is 13.6. The number of carbonyl (C=O) groups is 1. The molecule has 1 saturated carbocycles. The third-order valence-corrected chi connectivity index (χ3v) is 6.90. The van der Waals surface area contributed by atoms with Crippen LogP contribution < -0.4 is 10.6 Å². The first-order valence-corrected chi connectivity index (χ1v) is 13.6. The summed E-state index contributed by atoms with van der Waals surface area (Å²) >= 11 is 0. The first-order valence-electron chi connectivity index (χ1n) is 13.6. The lowest BCUT2D eigenvalue weighted by atomic mass is 9.56. The Morgan fingerprint density at radius 3 is 2.43 bits per heavy atom. The van der Waals surface area contributed by atoms with Gasteiger partial charge in [-0.05, 0) is 74.3 Å². The molecule has 0 radical (unpaired) electrons. The predicted octanol–water partition coefficient (Wildman–Crippen LogP) is 6.12. The first kappa shape index (κ1) is 32.6. The molecule has 0 bridgehead atoms. The number of hydrogen-bond acceptors (Lipinski definition) is 6. The van der Waals surface area contributed by atoms with E-state index in [1.165, 1.54) is 25.0 Å². The van der Waals surface area contributed by atoms with Crippen LogP contribution in [0.5, 0.6) is 5.75 Å². The smallest absolute Gasteiger partial charge is 0.311 e. The number of benzene rings is 1. The molecule has 1 saturated heterocycles. The number of piperidine rings is 1. The Hall–Kier alpha value is -2.45. The van der Waals surface area contributed by atoms with Crippen molar-refractivity contribution in [3.63, 3.8) is 0 Å². The minimum atomic E-state index is -0.540. The zero-order valence-corrected chi connectivity index (χ0v) is 23.5. The maximum Gasteiger partial charge on any atom is 0.311 e. The van der Waals surface area contributed by atoms with E-state index in [-0.39, 0.29) is 11.5 Å². The van der Waals surface area contributed by atoms with Gasteiger partial charge >= 0.3 is 6.02 Å². The highest BCUT2D eigenvalue weighted by molar-refractivity contribution is 5.75. The second kappa shape index (κ2) is 17.1. The van der Waals surface area contributed by atoms with Gasteiger partial charge in [0.25, 0.3) is 0 Å². The van der Waals surface area contributed by atoms with Crippen LogP contribution in [0.4, 0.5) is 4.39 Å². The van der Waals surface area contributed by atoms with Gasteiger partial charge in [-0.15, -0.1) is 0 Å². The van der Waals surface area contributed by atoms with Crippen molar-refractivity contribution in [3.8, 4) is 5.75 Å². The molecule has 0 unspecified atom stereocenters. The van der Waals surface area contributed by atoms with Crippen LogP contribution in [0.2, 0.25) is 0 Å². The highest BCUT2D eigenvalue weighted by Crippen LogP contribution is 2.54. The summed E-state index contributed by atoms with van der Waals surface area (Å²) in [6.07, 6.45) is 8.19. The van der Waals surface area contributed by atoms with E-state index in [4.69, 9.17) is 20.6 Å². The van der Waals surface area contributed by atoms with E-state index in [2.05, 4.69) is 16.5 Å². The molecular weight excluding hydrogens is 473 g/mol. The van der Waals surface area contributed by atoms with Gasteiger partial charge in [0, 0.05) is 31.5 Å². The molecule has 3 N–H and O–H groups in total. The average Bonchev–Trinajstić information content (AvgIpc) is 2.90. The lowest BCUT2D eigenvalue weighted by molar-refractivity contribution is -0.00814. The third kappa shape index (κ3) is 10.4. The summed E-state index contributed by atoms with van der Waals surface area (Å²) in [5.41, 5.74) is 1.26. The van der Waals surface area contributed by atoms with Crippen LogP contribution in [0.25, 0.3) is 0 Å². The van der Waals surface area contributed by atoms with Crippen molar-refractivity contribution >= 4 is 12.3 Å². The van der Waals surface area contributed by atoms with Crippen molar-refractivity contribution in [2.75, 3.05) is 26.3 Å². The summed E-state index contributed by atoms with van der Waals surface area (Å²) in [5.74, 6) is 6.37. The van der Waals surface area contributed by atoms with E-state index >= 15 is 0 Å². The van der Waals surface area contributed by atoms with Crippen molar-refractivity contribution in [1.29, 1.82) is 0 Å². The van der Waals surface area contributed by atoms with Crippen LogP contribution in [0.1, 0.15) is 89.9 Å². The normalized spacial score (nSPS) is 16.7. The number of nitrogens with two attached hydrogens (primary N) is 1. The maximum atomic E-state index is 13.6. The van der Waals surface area contributed by atoms with Crippen molar-refractivity contribution in [1.82, 2.24) is 4.90 Å². The molecular formula is C29H48FN3O4. The summed E-state index contributed by atoms with van der Waals surface area (Å²) in [5, 5.41) is 7.88. The van der Waals surface area contributed by atoms with E-state index in [1.54, 1.807) is 6.07 Å². The van der Waals surface area contributed by atoms with E-state index in [9.17, 15) is 9.18 Å². The summed E-state index contributed by atoms with van der Waals surface area (Å²) in [4.78, 5) is 22.3.